The number of aliphatic hydroxyl groups is 1. The van der Waals surface area contributed by atoms with E-state index in [9.17, 15) is 5.11 Å². The van der Waals surface area contributed by atoms with Gasteiger partial charge in [0.15, 0.2) is 8.32 Å². The van der Waals surface area contributed by atoms with Crippen LogP contribution in [0.2, 0.25) is 18.1 Å². The summed E-state index contributed by atoms with van der Waals surface area (Å²) in [6.07, 6.45) is 13.4. The van der Waals surface area contributed by atoms with Crippen molar-refractivity contribution in [1.82, 2.24) is 0 Å². The van der Waals surface area contributed by atoms with E-state index in [1.807, 2.05) is 0 Å². The quantitative estimate of drug-likeness (QED) is 0.276. The Bertz CT molecular complexity index is 977. The number of hydrogen-bond acceptors (Lipinski definition) is 2. The van der Waals surface area contributed by atoms with Crippen LogP contribution in [0.4, 0.5) is 0 Å². The number of rotatable bonds is 4. The molecular formula is C36H64O2Si. The van der Waals surface area contributed by atoms with Crippen molar-refractivity contribution in [3.05, 3.63) is 12.2 Å². The Kier molecular flexibility index (Phi) is 7.15. The highest BCUT2D eigenvalue weighted by Gasteiger charge is 2.71. The number of hydrogen-bond donors (Lipinski definition) is 1. The number of allylic oxidation sites excluding steroid dienone is 1. The van der Waals surface area contributed by atoms with E-state index in [-0.39, 0.29) is 15.9 Å². The summed E-state index contributed by atoms with van der Waals surface area (Å²) >= 11 is 0. The van der Waals surface area contributed by atoms with E-state index in [1.54, 1.807) is 0 Å². The Labute approximate surface area is 243 Å². The minimum Gasteiger partial charge on any atom is -0.413 e. The van der Waals surface area contributed by atoms with Gasteiger partial charge in [0.1, 0.15) is 0 Å². The Balaban J connectivity index is 1.46. The number of aliphatic hydroxyl groups excluding tert-OH is 1. The van der Waals surface area contributed by atoms with Crippen LogP contribution in [0.5, 0.6) is 0 Å². The van der Waals surface area contributed by atoms with Crippen molar-refractivity contribution in [1.29, 1.82) is 0 Å². The molecule has 39 heavy (non-hydrogen) atoms. The lowest BCUT2D eigenvalue weighted by atomic mass is 9.32. The van der Waals surface area contributed by atoms with Crippen LogP contribution in [0.1, 0.15) is 127 Å². The van der Waals surface area contributed by atoms with Crippen LogP contribution in [-0.4, -0.2) is 26.1 Å². The van der Waals surface area contributed by atoms with Crippen LogP contribution in [0.15, 0.2) is 12.2 Å². The van der Waals surface area contributed by atoms with Crippen molar-refractivity contribution < 1.29 is 9.53 Å². The van der Waals surface area contributed by atoms with Crippen molar-refractivity contribution in [3.8, 4) is 0 Å². The fourth-order valence-electron chi connectivity index (χ4n) is 12.3. The van der Waals surface area contributed by atoms with Crippen molar-refractivity contribution in [2.24, 2.45) is 56.7 Å². The summed E-state index contributed by atoms with van der Waals surface area (Å²) in [5.41, 5.74) is 2.89. The third kappa shape index (κ3) is 4.04. The van der Waals surface area contributed by atoms with Crippen LogP contribution in [-0.2, 0) is 4.43 Å². The van der Waals surface area contributed by atoms with Gasteiger partial charge in [0.25, 0.3) is 0 Å². The minimum atomic E-state index is -1.81. The first-order chi connectivity index (χ1) is 17.8. The molecule has 0 unspecified atom stereocenters. The molecular weight excluding hydrogens is 492 g/mol. The summed E-state index contributed by atoms with van der Waals surface area (Å²) in [6, 6.07) is 0. The molecule has 0 bridgehead atoms. The average molecular weight is 557 g/mol. The molecule has 5 saturated carbocycles. The maximum absolute atomic E-state index is 10.8. The van der Waals surface area contributed by atoms with Crippen molar-refractivity contribution >= 4 is 8.32 Å². The summed E-state index contributed by atoms with van der Waals surface area (Å²) in [6.45, 7) is 32.6. The van der Waals surface area contributed by atoms with E-state index in [2.05, 4.69) is 82.0 Å². The van der Waals surface area contributed by atoms with Crippen LogP contribution in [0.25, 0.3) is 0 Å². The first-order valence-electron chi connectivity index (χ1n) is 16.7. The molecule has 5 aliphatic rings. The van der Waals surface area contributed by atoms with E-state index in [0.717, 1.165) is 17.8 Å². The molecule has 224 valence electrons. The van der Waals surface area contributed by atoms with Gasteiger partial charge in [-0.25, -0.2) is 0 Å². The zero-order valence-corrected chi connectivity index (χ0v) is 28.8. The van der Waals surface area contributed by atoms with Gasteiger partial charge in [0, 0.05) is 6.61 Å². The zero-order chi connectivity index (χ0) is 29.0. The first-order valence-corrected chi connectivity index (χ1v) is 19.7. The van der Waals surface area contributed by atoms with Gasteiger partial charge >= 0.3 is 0 Å². The molecule has 0 aliphatic heterocycles. The number of fused-ring (bicyclic) bond motifs is 7. The van der Waals surface area contributed by atoms with Gasteiger partial charge in [-0.3, -0.25) is 0 Å². The normalized spacial score (nSPS) is 49.4. The lowest BCUT2D eigenvalue weighted by Crippen LogP contribution is -2.67. The molecule has 0 aromatic rings. The monoisotopic (exact) mass is 556 g/mol. The Morgan fingerprint density at radius 2 is 1.51 bits per heavy atom. The van der Waals surface area contributed by atoms with Crippen molar-refractivity contribution in [3.63, 3.8) is 0 Å². The Morgan fingerprint density at radius 3 is 2.10 bits per heavy atom. The highest BCUT2D eigenvalue weighted by atomic mass is 28.4. The lowest BCUT2D eigenvalue weighted by Gasteiger charge is -2.73. The molecule has 5 fully saturated rings. The summed E-state index contributed by atoms with van der Waals surface area (Å²) in [4.78, 5) is 0. The smallest absolute Gasteiger partial charge is 0.192 e. The molecule has 5 aliphatic carbocycles. The third-order valence-corrected chi connectivity index (χ3v) is 20.2. The Hall–Kier alpha value is -0.123. The molecule has 10 atom stereocenters. The van der Waals surface area contributed by atoms with E-state index in [1.165, 1.54) is 69.8 Å². The first kappa shape index (κ1) is 30.3. The largest absolute Gasteiger partial charge is 0.413 e. The SMILES string of the molecule is C=C(C)[C@@H]1CC[C@]2(CO)CC[C@]3(C)[C@H](CC[C@@H]4[C@@]5(C)CC[C@H](O[Si](C)(C)C(C)(C)C)C(C)(C)[C@@H]5CC[C@]43C)[C@@H]12. The van der Waals surface area contributed by atoms with E-state index in [4.69, 9.17) is 4.43 Å². The molecule has 2 nitrogen and oxygen atoms in total. The fraction of sp³-hybridized carbons (Fsp3) is 0.944. The van der Waals surface area contributed by atoms with Crippen molar-refractivity contribution in [2.45, 2.75) is 151 Å². The molecule has 0 saturated heterocycles. The van der Waals surface area contributed by atoms with Gasteiger partial charge in [0.05, 0.1) is 6.10 Å². The predicted molar refractivity (Wildman–Crippen MR) is 168 cm³/mol. The third-order valence-electron chi connectivity index (χ3n) is 15.7. The molecule has 0 amide bonds. The highest BCUT2D eigenvalue weighted by molar-refractivity contribution is 6.74. The second-order valence-electron chi connectivity index (χ2n) is 18.4. The summed E-state index contributed by atoms with van der Waals surface area (Å²) in [7, 11) is -1.81. The van der Waals surface area contributed by atoms with Gasteiger partial charge in [-0.15, -0.1) is 0 Å². The lowest BCUT2D eigenvalue weighted by molar-refractivity contribution is -0.248. The summed E-state index contributed by atoms with van der Waals surface area (Å²) in [5.74, 6) is 3.50. The molecule has 3 heteroatoms. The maximum atomic E-state index is 10.8. The summed E-state index contributed by atoms with van der Waals surface area (Å²) < 4.78 is 7.23. The molecule has 0 heterocycles. The molecule has 0 aromatic heterocycles. The van der Waals surface area contributed by atoms with Crippen LogP contribution < -0.4 is 0 Å². The van der Waals surface area contributed by atoms with Crippen LogP contribution >= 0.6 is 0 Å². The topological polar surface area (TPSA) is 29.5 Å². The molecule has 0 aromatic carbocycles. The second kappa shape index (κ2) is 9.19. The predicted octanol–water partition coefficient (Wildman–Crippen LogP) is 10.0. The van der Waals surface area contributed by atoms with E-state index in [0.29, 0.717) is 40.8 Å². The average Bonchev–Trinajstić information content (AvgIpc) is 3.21. The maximum Gasteiger partial charge on any atom is 0.192 e. The standard InChI is InChI=1S/C36H64O2Si/c1-24(2)25-15-20-36(23-37)22-21-34(9)26(30(25)36)13-14-28-33(8)18-17-29(38-39(11,12)31(3,4)5)32(6,7)27(33)16-19-35(28,34)10/h25-30,37H,1,13-23H2,2-12H3/t25-,26+,27-,28+,29-,30+,33-,34+,35+,36+/m0/s1. The van der Waals surface area contributed by atoms with Gasteiger partial charge < -0.3 is 9.53 Å². The second-order valence-corrected chi connectivity index (χ2v) is 23.2. The molecule has 5 rings (SSSR count). The molecule has 1 N–H and O–H groups in total. The molecule has 0 radical (unpaired) electrons. The summed E-state index contributed by atoms with van der Waals surface area (Å²) in [5, 5.41) is 11.1. The Morgan fingerprint density at radius 1 is 0.846 bits per heavy atom. The highest BCUT2D eigenvalue weighted by Crippen LogP contribution is 2.77. The van der Waals surface area contributed by atoms with Crippen molar-refractivity contribution in [2.75, 3.05) is 6.61 Å². The zero-order valence-electron chi connectivity index (χ0n) is 27.8. The van der Waals surface area contributed by atoms with Gasteiger partial charge in [-0.2, -0.15) is 0 Å². The van der Waals surface area contributed by atoms with Gasteiger partial charge in [-0.05, 0) is 146 Å². The van der Waals surface area contributed by atoms with Gasteiger partial charge in [-0.1, -0.05) is 67.5 Å². The van der Waals surface area contributed by atoms with Gasteiger partial charge in [0.2, 0.25) is 0 Å². The molecule has 0 spiro atoms. The minimum absolute atomic E-state index is 0.152. The van der Waals surface area contributed by atoms with Crippen LogP contribution in [0, 0.1) is 56.7 Å². The van der Waals surface area contributed by atoms with E-state index >= 15 is 0 Å². The fourth-order valence-corrected chi connectivity index (χ4v) is 13.8. The van der Waals surface area contributed by atoms with E-state index < -0.39 is 8.32 Å². The van der Waals surface area contributed by atoms with Crippen LogP contribution in [0.3, 0.4) is 0 Å².